The minimum atomic E-state index is 0.0538. The van der Waals surface area contributed by atoms with Crippen LogP contribution >= 0.6 is 0 Å². The fourth-order valence-corrected chi connectivity index (χ4v) is 2.44. The van der Waals surface area contributed by atoms with Crippen LogP contribution in [0.25, 0.3) is 0 Å². The van der Waals surface area contributed by atoms with E-state index in [1.165, 1.54) is 12.8 Å². The Bertz CT molecular complexity index is 254. The zero-order chi connectivity index (χ0) is 10.7. The molecule has 0 aromatic heterocycles. The number of carbonyl (C=O) groups is 1. The fraction of sp³-hybridized carbons (Fsp3) is 0.750. The van der Waals surface area contributed by atoms with Gasteiger partial charge in [-0.25, -0.2) is 0 Å². The average Bonchev–Trinajstić information content (AvgIpc) is 2.53. The third-order valence-corrected chi connectivity index (χ3v) is 3.35. The lowest BCUT2D eigenvalue weighted by Crippen LogP contribution is -2.36. The van der Waals surface area contributed by atoms with E-state index in [4.69, 9.17) is 5.73 Å². The molecule has 0 radical (unpaired) electrons. The van der Waals surface area contributed by atoms with E-state index in [-0.39, 0.29) is 12.0 Å². The topological polar surface area (TPSA) is 46.3 Å². The summed E-state index contributed by atoms with van der Waals surface area (Å²) in [6, 6.07) is 0.0888. The third kappa shape index (κ3) is 2.59. The molecule has 2 N–H and O–H groups in total. The molecule has 1 saturated heterocycles. The minimum absolute atomic E-state index is 0.0538. The number of nitrogens with two attached hydrogens (primary N) is 1. The molecular weight excluding hydrogens is 188 g/mol. The number of hydrogen-bond acceptors (Lipinski definition) is 2. The highest BCUT2D eigenvalue weighted by Crippen LogP contribution is 2.21. The largest absolute Gasteiger partial charge is 0.342 e. The zero-order valence-corrected chi connectivity index (χ0v) is 9.19. The molecule has 1 amide bonds. The first-order chi connectivity index (χ1) is 7.27. The summed E-state index contributed by atoms with van der Waals surface area (Å²) in [5.74, 6) is 0.346. The molecule has 1 aliphatic carbocycles. The Kier molecular flexibility index (Phi) is 3.41. The molecule has 3 heteroatoms. The van der Waals surface area contributed by atoms with Gasteiger partial charge in [-0.2, -0.15) is 0 Å². The maximum absolute atomic E-state index is 12.1. The first kappa shape index (κ1) is 10.7. The van der Waals surface area contributed by atoms with E-state index in [1.807, 2.05) is 17.1 Å². The van der Waals surface area contributed by atoms with Gasteiger partial charge in [0, 0.05) is 19.1 Å². The van der Waals surface area contributed by atoms with Gasteiger partial charge in [-0.15, -0.1) is 0 Å². The van der Waals surface area contributed by atoms with Crippen LogP contribution in [0.5, 0.6) is 0 Å². The predicted molar refractivity (Wildman–Crippen MR) is 60.3 cm³/mol. The summed E-state index contributed by atoms with van der Waals surface area (Å²) >= 11 is 0. The van der Waals surface area contributed by atoms with E-state index in [2.05, 4.69) is 0 Å². The molecule has 0 aromatic carbocycles. The van der Waals surface area contributed by atoms with Crippen molar-refractivity contribution in [3.63, 3.8) is 0 Å². The SMILES string of the molecule is NC1C=CC(C(=O)N2CCCCCC2)C1. The van der Waals surface area contributed by atoms with Crippen LogP contribution in [0.15, 0.2) is 12.2 Å². The minimum Gasteiger partial charge on any atom is -0.342 e. The maximum Gasteiger partial charge on any atom is 0.229 e. The molecule has 15 heavy (non-hydrogen) atoms. The summed E-state index contributed by atoms with van der Waals surface area (Å²) in [6.45, 7) is 1.89. The summed E-state index contributed by atoms with van der Waals surface area (Å²) in [4.78, 5) is 14.1. The summed E-state index contributed by atoms with van der Waals surface area (Å²) in [7, 11) is 0. The highest BCUT2D eigenvalue weighted by molar-refractivity contribution is 5.81. The van der Waals surface area contributed by atoms with Crippen LogP contribution in [0.1, 0.15) is 32.1 Å². The molecular formula is C12H20N2O. The van der Waals surface area contributed by atoms with Crippen molar-refractivity contribution >= 4 is 5.91 Å². The van der Waals surface area contributed by atoms with Gasteiger partial charge >= 0.3 is 0 Å². The molecule has 0 aromatic rings. The average molecular weight is 208 g/mol. The van der Waals surface area contributed by atoms with Crippen LogP contribution in [-0.2, 0) is 4.79 Å². The molecule has 0 bridgehead atoms. The smallest absolute Gasteiger partial charge is 0.229 e. The number of hydrogen-bond donors (Lipinski definition) is 1. The van der Waals surface area contributed by atoms with E-state index in [1.54, 1.807) is 0 Å². The monoisotopic (exact) mass is 208 g/mol. The van der Waals surface area contributed by atoms with Gasteiger partial charge in [0.15, 0.2) is 0 Å². The molecule has 84 valence electrons. The van der Waals surface area contributed by atoms with Crippen molar-refractivity contribution in [3.8, 4) is 0 Å². The molecule has 2 unspecified atom stereocenters. The molecule has 2 aliphatic rings. The third-order valence-electron chi connectivity index (χ3n) is 3.35. The van der Waals surface area contributed by atoms with Crippen LogP contribution < -0.4 is 5.73 Å². The first-order valence-electron chi connectivity index (χ1n) is 6.00. The number of carbonyl (C=O) groups excluding carboxylic acids is 1. The molecule has 1 heterocycles. The van der Waals surface area contributed by atoms with Gasteiger partial charge in [-0.05, 0) is 19.3 Å². The fourth-order valence-electron chi connectivity index (χ4n) is 2.44. The second kappa shape index (κ2) is 4.79. The Morgan fingerprint density at radius 3 is 2.33 bits per heavy atom. The van der Waals surface area contributed by atoms with Crippen molar-refractivity contribution in [3.05, 3.63) is 12.2 Å². The predicted octanol–water partition coefficient (Wildman–Crippen LogP) is 1.29. The Balaban J connectivity index is 1.91. The van der Waals surface area contributed by atoms with Crippen molar-refractivity contribution in [2.24, 2.45) is 11.7 Å². The number of nitrogens with zero attached hydrogens (tertiary/aromatic N) is 1. The highest BCUT2D eigenvalue weighted by atomic mass is 16.2. The quantitative estimate of drug-likeness (QED) is 0.660. The molecule has 0 spiro atoms. The lowest BCUT2D eigenvalue weighted by atomic mass is 10.1. The Hall–Kier alpha value is -0.830. The van der Waals surface area contributed by atoms with E-state index >= 15 is 0 Å². The normalized spacial score (nSPS) is 31.7. The number of amides is 1. The van der Waals surface area contributed by atoms with Gasteiger partial charge in [0.05, 0.1) is 5.92 Å². The molecule has 2 atom stereocenters. The van der Waals surface area contributed by atoms with Crippen molar-refractivity contribution in [1.29, 1.82) is 0 Å². The number of rotatable bonds is 1. The van der Waals surface area contributed by atoms with Gasteiger partial charge in [0.1, 0.15) is 0 Å². The van der Waals surface area contributed by atoms with Crippen molar-refractivity contribution in [2.75, 3.05) is 13.1 Å². The molecule has 3 nitrogen and oxygen atoms in total. The Morgan fingerprint density at radius 2 is 1.80 bits per heavy atom. The molecule has 0 saturated carbocycles. The van der Waals surface area contributed by atoms with Gasteiger partial charge in [-0.1, -0.05) is 25.0 Å². The van der Waals surface area contributed by atoms with E-state index in [0.717, 1.165) is 32.4 Å². The summed E-state index contributed by atoms with van der Waals surface area (Å²) in [6.07, 6.45) is 9.60. The lowest BCUT2D eigenvalue weighted by molar-refractivity contribution is -0.134. The molecule has 2 rings (SSSR count). The standard InChI is InChI=1S/C12H20N2O/c13-11-6-5-10(9-11)12(15)14-7-3-1-2-4-8-14/h5-6,10-11H,1-4,7-9,13H2. The summed E-state index contributed by atoms with van der Waals surface area (Å²) < 4.78 is 0. The Labute approximate surface area is 91.3 Å². The van der Waals surface area contributed by atoms with Crippen LogP contribution in [-0.4, -0.2) is 29.9 Å². The second-order valence-electron chi connectivity index (χ2n) is 4.63. The molecule has 1 aliphatic heterocycles. The zero-order valence-electron chi connectivity index (χ0n) is 9.19. The van der Waals surface area contributed by atoms with Gasteiger partial charge in [-0.3, -0.25) is 4.79 Å². The van der Waals surface area contributed by atoms with Crippen molar-refractivity contribution < 1.29 is 4.79 Å². The Morgan fingerprint density at radius 1 is 1.13 bits per heavy atom. The maximum atomic E-state index is 12.1. The van der Waals surface area contributed by atoms with Crippen LogP contribution in [0.4, 0.5) is 0 Å². The van der Waals surface area contributed by atoms with Crippen molar-refractivity contribution in [1.82, 2.24) is 4.90 Å². The van der Waals surface area contributed by atoms with Gasteiger partial charge in [0.25, 0.3) is 0 Å². The van der Waals surface area contributed by atoms with Crippen LogP contribution in [0.3, 0.4) is 0 Å². The van der Waals surface area contributed by atoms with Gasteiger partial charge < -0.3 is 10.6 Å². The van der Waals surface area contributed by atoms with Crippen LogP contribution in [0, 0.1) is 5.92 Å². The first-order valence-corrected chi connectivity index (χ1v) is 6.00. The van der Waals surface area contributed by atoms with E-state index in [9.17, 15) is 4.79 Å². The number of likely N-dealkylation sites (tertiary alicyclic amines) is 1. The van der Waals surface area contributed by atoms with Gasteiger partial charge in [0.2, 0.25) is 5.91 Å². The van der Waals surface area contributed by atoms with Crippen LogP contribution in [0.2, 0.25) is 0 Å². The molecule has 1 fully saturated rings. The lowest BCUT2D eigenvalue weighted by Gasteiger charge is -2.23. The summed E-state index contributed by atoms with van der Waals surface area (Å²) in [5, 5.41) is 0. The summed E-state index contributed by atoms with van der Waals surface area (Å²) in [5.41, 5.74) is 5.77. The second-order valence-corrected chi connectivity index (χ2v) is 4.63. The van der Waals surface area contributed by atoms with Crippen molar-refractivity contribution in [2.45, 2.75) is 38.1 Å². The highest BCUT2D eigenvalue weighted by Gasteiger charge is 2.27. The van der Waals surface area contributed by atoms with E-state index in [0.29, 0.717) is 5.91 Å². The van der Waals surface area contributed by atoms with E-state index < -0.39 is 0 Å².